The fraction of sp³-hybridized carbons (Fsp3) is 1.00. The van der Waals surface area contributed by atoms with Gasteiger partial charge in [-0.25, -0.2) is 0 Å². The molecule has 4 aliphatic rings. The predicted molar refractivity (Wildman–Crippen MR) is 132 cm³/mol. The third-order valence-electron chi connectivity index (χ3n) is 8.30. The average Bonchev–Trinajstić information content (AvgIpc) is 2.74. The van der Waals surface area contributed by atoms with Gasteiger partial charge in [-0.15, -0.1) is 0 Å². The first-order valence-corrected chi connectivity index (χ1v) is 15.7. The predicted octanol–water partition coefficient (Wildman–Crippen LogP) is 9.15. The zero-order chi connectivity index (χ0) is 22.0. The van der Waals surface area contributed by atoms with E-state index in [1.54, 1.807) is 0 Å². The summed E-state index contributed by atoms with van der Waals surface area (Å²) in [5.41, 5.74) is 0.317. The molecule has 4 rings (SSSR count). The molecule has 0 saturated heterocycles. The number of unbranched alkanes of at least 4 members (excludes halogenated alkanes) is 10. The molecule has 0 aromatic carbocycles. The van der Waals surface area contributed by atoms with Gasteiger partial charge in [0.1, 0.15) is 0 Å². The van der Waals surface area contributed by atoms with Gasteiger partial charge in [-0.3, -0.25) is 4.57 Å². The summed E-state index contributed by atoms with van der Waals surface area (Å²) in [7, 11) is -2.94. The lowest BCUT2D eigenvalue weighted by atomic mass is 9.50. The Bertz CT molecular complexity index is 511. The Morgan fingerprint density at radius 2 is 1.16 bits per heavy atom. The van der Waals surface area contributed by atoms with Crippen LogP contribution in [0.15, 0.2) is 0 Å². The molecular weight excluding hydrogens is 403 g/mol. The van der Waals surface area contributed by atoms with Crippen LogP contribution < -0.4 is 0 Å². The molecular formula is C27H51O3P. The van der Waals surface area contributed by atoms with E-state index in [-0.39, 0.29) is 0 Å². The summed E-state index contributed by atoms with van der Waals surface area (Å²) in [5.74, 6) is 2.74. The van der Waals surface area contributed by atoms with E-state index < -0.39 is 7.60 Å². The monoisotopic (exact) mass is 454 g/mol. The van der Waals surface area contributed by atoms with Crippen LogP contribution in [-0.2, 0) is 13.6 Å². The minimum Gasteiger partial charge on any atom is -0.309 e. The SMILES string of the molecule is CCCCCCCCCCCCOP(=O)(CCCC)OCC12CC3CC(CC(C3)C1)C2. The van der Waals surface area contributed by atoms with Gasteiger partial charge in [-0.2, -0.15) is 0 Å². The zero-order valence-corrected chi connectivity index (χ0v) is 21.6. The average molecular weight is 455 g/mol. The van der Waals surface area contributed by atoms with E-state index in [9.17, 15) is 4.57 Å². The number of hydrogen-bond donors (Lipinski definition) is 0. The van der Waals surface area contributed by atoms with Gasteiger partial charge in [-0.1, -0.05) is 78.1 Å². The highest BCUT2D eigenvalue weighted by Crippen LogP contribution is 2.62. The van der Waals surface area contributed by atoms with E-state index in [0.29, 0.717) is 24.8 Å². The second kappa shape index (κ2) is 13.1. The largest absolute Gasteiger partial charge is 0.330 e. The lowest BCUT2D eigenvalue weighted by Gasteiger charge is -2.56. The highest BCUT2D eigenvalue weighted by molar-refractivity contribution is 7.53. The van der Waals surface area contributed by atoms with Gasteiger partial charge in [0.2, 0.25) is 0 Å². The minimum absolute atomic E-state index is 0.317. The van der Waals surface area contributed by atoms with E-state index in [2.05, 4.69) is 13.8 Å². The van der Waals surface area contributed by atoms with Crippen LogP contribution in [0.25, 0.3) is 0 Å². The molecule has 0 heterocycles. The van der Waals surface area contributed by atoms with Crippen LogP contribution in [0.2, 0.25) is 0 Å². The molecule has 4 saturated carbocycles. The molecule has 0 aromatic rings. The third-order valence-corrected chi connectivity index (χ3v) is 10.3. The summed E-state index contributed by atoms with van der Waals surface area (Å²) < 4.78 is 25.7. The van der Waals surface area contributed by atoms with Gasteiger partial charge in [-0.05, 0) is 74.5 Å². The number of rotatable bonds is 18. The van der Waals surface area contributed by atoms with Gasteiger partial charge in [0.15, 0.2) is 0 Å². The maximum absolute atomic E-state index is 13.5. The van der Waals surface area contributed by atoms with Crippen molar-refractivity contribution in [2.75, 3.05) is 19.4 Å². The van der Waals surface area contributed by atoms with Crippen LogP contribution in [0.1, 0.15) is 129 Å². The van der Waals surface area contributed by atoms with Crippen molar-refractivity contribution in [1.82, 2.24) is 0 Å². The first-order valence-electron chi connectivity index (χ1n) is 13.9. The summed E-state index contributed by atoms with van der Waals surface area (Å²) >= 11 is 0. The Morgan fingerprint density at radius 3 is 1.68 bits per heavy atom. The van der Waals surface area contributed by atoms with Crippen molar-refractivity contribution in [3.63, 3.8) is 0 Å². The zero-order valence-electron chi connectivity index (χ0n) is 20.8. The van der Waals surface area contributed by atoms with Crippen molar-refractivity contribution >= 4 is 7.60 Å². The molecule has 0 N–H and O–H groups in total. The first kappa shape index (κ1) is 25.8. The highest BCUT2D eigenvalue weighted by Gasteiger charge is 2.51. The summed E-state index contributed by atoms with van der Waals surface area (Å²) in [5, 5.41) is 0. The van der Waals surface area contributed by atoms with Crippen molar-refractivity contribution in [3.8, 4) is 0 Å². The molecule has 0 amide bonds. The van der Waals surface area contributed by atoms with Crippen LogP contribution in [0.3, 0.4) is 0 Å². The summed E-state index contributed by atoms with van der Waals surface area (Å²) in [6, 6.07) is 0. The van der Waals surface area contributed by atoms with Gasteiger partial charge in [0.05, 0.1) is 19.4 Å². The van der Waals surface area contributed by atoms with Gasteiger partial charge in [0, 0.05) is 0 Å². The van der Waals surface area contributed by atoms with E-state index >= 15 is 0 Å². The smallest absolute Gasteiger partial charge is 0.309 e. The van der Waals surface area contributed by atoms with Crippen molar-refractivity contribution < 1.29 is 13.6 Å². The fourth-order valence-corrected chi connectivity index (χ4v) is 8.93. The lowest BCUT2D eigenvalue weighted by Crippen LogP contribution is -2.48. The molecule has 4 fully saturated rings. The normalized spacial score (nSPS) is 31.2. The topological polar surface area (TPSA) is 35.5 Å². The minimum atomic E-state index is -2.94. The standard InChI is InChI=1S/C27H51O3P/c1-3-5-7-8-9-10-11-12-13-14-15-29-31(28,16-6-4-2)30-23-27-20-24-17-25(21-27)19-26(18-24)22-27/h24-26H,3-23H2,1-2H3. The van der Waals surface area contributed by atoms with Crippen LogP contribution >= 0.6 is 7.60 Å². The molecule has 3 nitrogen and oxygen atoms in total. The molecule has 1 atom stereocenters. The third kappa shape index (κ3) is 8.46. The van der Waals surface area contributed by atoms with Crippen molar-refractivity contribution in [2.45, 2.75) is 129 Å². The van der Waals surface area contributed by atoms with E-state index in [1.165, 1.54) is 96.3 Å². The first-order chi connectivity index (χ1) is 15.1. The maximum atomic E-state index is 13.5. The van der Waals surface area contributed by atoms with Crippen LogP contribution in [0.5, 0.6) is 0 Å². The van der Waals surface area contributed by atoms with Crippen molar-refractivity contribution in [2.24, 2.45) is 23.2 Å². The molecule has 0 aromatic heterocycles. The second-order valence-electron chi connectivity index (χ2n) is 11.4. The van der Waals surface area contributed by atoms with Gasteiger partial charge >= 0.3 is 7.60 Å². The molecule has 4 heteroatoms. The molecule has 0 aliphatic heterocycles. The van der Waals surface area contributed by atoms with Crippen molar-refractivity contribution in [3.05, 3.63) is 0 Å². The Labute approximate surface area is 193 Å². The molecule has 4 aliphatic carbocycles. The van der Waals surface area contributed by atoms with E-state index in [4.69, 9.17) is 9.05 Å². The summed E-state index contributed by atoms with van der Waals surface area (Å²) in [4.78, 5) is 0. The Kier molecular flexibility index (Phi) is 10.9. The molecule has 31 heavy (non-hydrogen) atoms. The molecule has 182 valence electrons. The molecule has 4 bridgehead atoms. The quantitative estimate of drug-likeness (QED) is 0.153. The Morgan fingerprint density at radius 1 is 0.677 bits per heavy atom. The summed E-state index contributed by atoms with van der Waals surface area (Å²) in [6.45, 7) is 5.73. The van der Waals surface area contributed by atoms with Crippen molar-refractivity contribution in [1.29, 1.82) is 0 Å². The molecule has 0 spiro atoms. The van der Waals surface area contributed by atoms with Crippen LogP contribution in [-0.4, -0.2) is 19.4 Å². The lowest BCUT2D eigenvalue weighted by molar-refractivity contribution is -0.0766. The molecule has 1 unspecified atom stereocenters. The number of hydrogen-bond acceptors (Lipinski definition) is 3. The highest BCUT2D eigenvalue weighted by atomic mass is 31.2. The maximum Gasteiger partial charge on any atom is 0.330 e. The van der Waals surface area contributed by atoms with Gasteiger partial charge < -0.3 is 9.05 Å². The summed E-state index contributed by atoms with van der Waals surface area (Å²) in [6.07, 6.45) is 24.0. The Balaban J connectivity index is 1.32. The molecule has 0 radical (unpaired) electrons. The van der Waals surface area contributed by atoms with Gasteiger partial charge in [0.25, 0.3) is 0 Å². The fourth-order valence-electron chi connectivity index (χ4n) is 7.01. The second-order valence-corrected chi connectivity index (χ2v) is 13.6. The van der Waals surface area contributed by atoms with E-state index in [1.807, 2.05) is 0 Å². The van der Waals surface area contributed by atoms with E-state index in [0.717, 1.165) is 37.0 Å². The Hall–Kier alpha value is 0.150. The van der Waals surface area contributed by atoms with Crippen LogP contribution in [0.4, 0.5) is 0 Å². The van der Waals surface area contributed by atoms with Crippen LogP contribution in [0, 0.1) is 23.2 Å².